The van der Waals surface area contributed by atoms with Crippen molar-refractivity contribution in [2.24, 2.45) is 0 Å². The smallest absolute Gasteiger partial charge is 0.265 e. The summed E-state index contributed by atoms with van der Waals surface area (Å²) in [7, 11) is 4.91. The standard InChI is InChI=1S/C25H34N2O6/c1-29-14-11-26(18-20-9-10-22(30-2)23(17-20)31-3)19-24(33-21-7-5-4-6-8-21)25(28)27-12-15-32-16-13-27/h4-10,17,24H,11-16,18-19H2,1-3H3/t24-/m0/s1. The number of methoxy groups -OCH3 is 3. The Bertz CT molecular complexity index is 857. The van der Waals surface area contributed by atoms with Gasteiger partial charge in [-0.1, -0.05) is 24.3 Å². The van der Waals surface area contributed by atoms with Crippen LogP contribution in [0.5, 0.6) is 17.2 Å². The van der Waals surface area contributed by atoms with Crippen molar-refractivity contribution >= 4 is 5.91 Å². The van der Waals surface area contributed by atoms with Crippen molar-refractivity contribution in [3.05, 3.63) is 54.1 Å². The van der Waals surface area contributed by atoms with Crippen molar-refractivity contribution in [1.82, 2.24) is 9.80 Å². The Hall–Kier alpha value is -2.81. The minimum Gasteiger partial charge on any atom is -0.493 e. The molecule has 1 saturated heterocycles. The molecule has 180 valence electrons. The van der Waals surface area contributed by atoms with Crippen LogP contribution >= 0.6 is 0 Å². The molecular formula is C25H34N2O6. The van der Waals surface area contributed by atoms with Crippen LogP contribution in [0.1, 0.15) is 5.56 Å². The molecule has 1 amide bonds. The maximum atomic E-state index is 13.4. The molecule has 0 spiro atoms. The van der Waals surface area contributed by atoms with Gasteiger partial charge in [0.25, 0.3) is 5.91 Å². The number of benzene rings is 2. The predicted octanol–water partition coefficient (Wildman–Crippen LogP) is 2.46. The Labute approximate surface area is 195 Å². The van der Waals surface area contributed by atoms with Gasteiger partial charge >= 0.3 is 0 Å². The van der Waals surface area contributed by atoms with Crippen LogP contribution in [0.25, 0.3) is 0 Å². The topological polar surface area (TPSA) is 69.7 Å². The average molecular weight is 459 g/mol. The number of carbonyl (C=O) groups excluding carboxylic acids is 1. The zero-order valence-corrected chi connectivity index (χ0v) is 19.7. The number of ether oxygens (including phenoxy) is 5. The van der Waals surface area contributed by atoms with Crippen LogP contribution in [0, 0.1) is 0 Å². The normalized spacial score (nSPS) is 14.7. The van der Waals surface area contributed by atoms with E-state index in [1.807, 2.05) is 53.4 Å². The zero-order valence-electron chi connectivity index (χ0n) is 19.7. The van der Waals surface area contributed by atoms with E-state index in [-0.39, 0.29) is 5.91 Å². The van der Waals surface area contributed by atoms with Crippen LogP contribution in [0.4, 0.5) is 0 Å². The van der Waals surface area contributed by atoms with Crippen LogP contribution in [0.2, 0.25) is 0 Å². The van der Waals surface area contributed by atoms with E-state index in [0.717, 1.165) is 5.56 Å². The highest BCUT2D eigenvalue weighted by Gasteiger charge is 2.29. The molecule has 0 bridgehead atoms. The molecule has 33 heavy (non-hydrogen) atoms. The third kappa shape index (κ3) is 7.35. The van der Waals surface area contributed by atoms with Crippen molar-refractivity contribution < 1.29 is 28.5 Å². The number of amides is 1. The second-order valence-electron chi connectivity index (χ2n) is 7.77. The van der Waals surface area contributed by atoms with E-state index in [1.165, 1.54) is 0 Å². The first-order valence-electron chi connectivity index (χ1n) is 11.1. The number of nitrogens with zero attached hydrogens (tertiary/aromatic N) is 2. The van der Waals surface area contributed by atoms with Gasteiger partial charge in [0.15, 0.2) is 17.6 Å². The lowest BCUT2D eigenvalue weighted by Crippen LogP contribution is -2.51. The summed E-state index contributed by atoms with van der Waals surface area (Å²) in [5.41, 5.74) is 1.04. The van der Waals surface area contributed by atoms with Crippen molar-refractivity contribution in [3.8, 4) is 17.2 Å². The van der Waals surface area contributed by atoms with Crippen LogP contribution in [0.15, 0.2) is 48.5 Å². The number of hydrogen-bond donors (Lipinski definition) is 0. The summed E-state index contributed by atoms with van der Waals surface area (Å²) in [6, 6.07) is 15.3. The van der Waals surface area contributed by atoms with Crippen LogP contribution in [0.3, 0.4) is 0 Å². The zero-order chi connectivity index (χ0) is 23.5. The summed E-state index contributed by atoms with van der Waals surface area (Å²) in [6.45, 7) is 4.44. The molecule has 0 N–H and O–H groups in total. The fraction of sp³-hybridized carbons (Fsp3) is 0.480. The Morgan fingerprint density at radius 2 is 1.76 bits per heavy atom. The number of morpholine rings is 1. The highest BCUT2D eigenvalue weighted by molar-refractivity contribution is 5.81. The van der Waals surface area contributed by atoms with Gasteiger partial charge in [-0.05, 0) is 29.8 Å². The molecule has 0 aromatic heterocycles. The lowest BCUT2D eigenvalue weighted by Gasteiger charge is -2.33. The van der Waals surface area contributed by atoms with Gasteiger partial charge in [0.1, 0.15) is 5.75 Å². The average Bonchev–Trinajstić information content (AvgIpc) is 2.87. The van der Waals surface area contributed by atoms with Gasteiger partial charge in [0, 0.05) is 39.8 Å². The van der Waals surface area contributed by atoms with Crippen molar-refractivity contribution in [2.45, 2.75) is 12.6 Å². The summed E-state index contributed by atoms with van der Waals surface area (Å²) in [5.74, 6) is 1.99. The van der Waals surface area contributed by atoms with Gasteiger partial charge in [-0.15, -0.1) is 0 Å². The fourth-order valence-electron chi connectivity index (χ4n) is 3.74. The molecule has 1 heterocycles. The SMILES string of the molecule is COCCN(Cc1ccc(OC)c(OC)c1)C[C@H](Oc1ccccc1)C(=O)N1CCOCC1. The third-order valence-corrected chi connectivity index (χ3v) is 5.51. The van der Waals surface area contributed by atoms with E-state index in [4.69, 9.17) is 23.7 Å². The van der Waals surface area contributed by atoms with Crippen molar-refractivity contribution in [2.75, 3.05) is 67.3 Å². The van der Waals surface area contributed by atoms with Gasteiger partial charge in [0.2, 0.25) is 0 Å². The van der Waals surface area contributed by atoms with Gasteiger partial charge in [-0.3, -0.25) is 9.69 Å². The number of carbonyl (C=O) groups is 1. The number of rotatable bonds is 12. The largest absolute Gasteiger partial charge is 0.493 e. The number of hydrogen-bond acceptors (Lipinski definition) is 7. The van der Waals surface area contributed by atoms with E-state index in [1.54, 1.807) is 21.3 Å². The Kier molecular flexibility index (Phi) is 9.80. The molecule has 3 rings (SSSR count). The first-order chi connectivity index (χ1) is 16.1. The molecule has 1 aliphatic heterocycles. The summed E-state index contributed by atoms with van der Waals surface area (Å²) in [5, 5.41) is 0. The van der Waals surface area contributed by atoms with Gasteiger partial charge in [0.05, 0.1) is 34.0 Å². The molecule has 1 aliphatic rings. The highest BCUT2D eigenvalue weighted by atomic mass is 16.5. The molecule has 8 heteroatoms. The van der Waals surface area contributed by atoms with E-state index >= 15 is 0 Å². The van der Waals surface area contributed by atoms with Crippen LogP contribution in [-0.2, 0) is 20.8 Å². The molecule has 2 aromatic carbocycles. The van der Waals surface area contributed by atoms with E-state index in [9.17, 15) is 4.79 Å². The minimum atomic E-state index is -0.650. The molecule has 2 aromatic rings. The van der Waals surface area contributed by atoms with Crippen LogP contribution < -0.4 is 14.2 Å². The molecule has 8 nitrogen and oxygen atoms in total. The van der Waals surface area contributed by atoms with Crippen LogP contribution in [-0.4, -0.2) is 89.1 Å². The van der Waals surface area contributed by atoms with Gasteiger partial charge in [-0.25, -0.2) is 0 Å². The second-order valence-corrected chi connectivity index (χ2v) is 7.77. The lowest BCUT2D eigenvalue weighted by molar-refractivity contribution is -0.143. The maximum Gasteiger partial charge on any atom is 0.265 e. The van der Waals surface area contributed by atoms with Gasteiger partial charge < -0.3 is 28.6 Å². The molecule has 0 unspecified atom stereocenters. The summed E-state index contributed by atoms with van der Waals surface area (Å²) >= 11 is 0. The second kappa shape index (κ2) is 13.0. The number of para-hydroxylation sites is 1. The molecule has 1 atom stereocenters. The fourth-order valence-corrected chi connectivity index (χ4v) is 3.74. The molecule has 0 aliphatic carbocycles. The lowest BCUT2D eigenvalue weighted by atomic mass is 10.1. The summed E-state index contributed by atoms with van der Waals surface area (Å²) in [4.78, 5) is 17.4. The van der Waals surface area contributed by atoms with Crippen molar-refractivity contribution in [1.29, 1.82) is 0 Å². The highest BCUT2D eigenvalue weighted by Crippen LogP contribution is 2.28. The predicted molar refractivity (Wildman–Crippen MR) is 125 cm³/mol. The Morgan fingerprint density at radius 1 is 1.03 bits per heavy atom. The van der Waals surface area contributed by atoms with Crippen molar-refractivity contribution in [3.63, 3.8) is 0 Å². The van der Waals surface area contributed by atoms with Gasteiger partial charge in [-0.2, -0.15) is 0 Å². The first-order valence-corrected chi connectivity index (χ1v) is 11.1. The molecule has 0 radical (unpaired) electrons. The first kappa shape index (κ1) is 24.8. The quantitative estimate of drug-likeness (QED) is 0.484. The van der Waals surface area contributed by atoms with E-state index < -0.39 is 6.10 Å². The monoisotopic (exact) mass is 458 g/mol. The third-order valence-electron chi connectivity index (χ3n) is 5.51. The molecular weight excluding hydrogens is 424 g/mol. The van der Waals surface area contributed by atoms with E-state index in [2.05, 4.69) is 4.90 Å². The summed E-state index contributed by atoms with van der Waals surface area (Å²) in [6.07, 6.45) is -0.650. The van der Waals surface area contributed by atoms with E-state index in [0.29, 0.717) is 69.8 Å². The Balaban J connectivity index is 1.79. The molecule has 0 saturated carbocycles. The minimum absolute atomic E-state index is 0.0307. The summed E-state index contributed by atoms with van der Waals surface area (Å²) < 4.78 is 27.8. The maximum absolute atomic E-state index is 13.4. The Morgan fingerprint density at radius 3 is 2.42 bits per heavy atom. The molecule has 1 fully saturated rings.